The molecule has 0 bridgehead atoms. The summed E-state index contributed by atoms with van der Waals surface area (Å²) in [6, 6.07) is 8.00. The van der Waals surface area contributed by atoms with Crippen LogP contribution in [0.5, 0.6) is 5.75 Å². The molecule has 1 fully saturated rings. The van der Waals surface area contributed by atoms with Crippen molar-refractivity contribution in [2.24, 2.45) is 0 Å². The number of benzene rings is 1. The topological polar surface area (TPSA) is 57.7 Å². The van der Waals surface area contributed by atoms with Crippen molar-refractivity contribution < 1.29 is 14.6 Å². The number of hydrogen-bond donors (Lipinski definition) is 2. The Balaban J connectivity index is 1.58. The highest BCUT2D eigenvalue weighted by molar-refractivity contribution is 5.86. The minimum absolute atomic E-state index is 0.306. The number of nitrogens with one attached hydrogen (secondary N) is 1. The Morgan fingerprint density at radius 2 is 2.19 bits per heavy atom. The summed E-state index contributed by atoms with van der Waals surface area (Å²) in [5.74, 6) is 0.817. The van der Waals surface area contributed by atoms with E-state index in [0.717, 1.165) is 48.6 Å². The molecule has 21 heavy (non-hydrogen) atoms. The van der Waals surface area contributed by atoms with Crippen LogP contribution in [0.4, 0.5) is 0 Å². The third-order valence-corrected chi connectivity index (χ3v) is 3.76. The number of aliphatic hydroxyl groups excluding tert-OH is 1. The predicted molar refractivity (Wildman–Crippen MR) is 81.8 cm³/mol. The van der Waals surface area contributed by atoms with Crippen molar-refractivity contribution in [1.82, 2.24) is 9.88 Å². The molecule has 1 aliphatic heterocycles. The molecule has 114 valence electrons. The van der Waals surface area contributed by atoms with Crippen LogP contribution in [0, 0.1) is 6.92 Å². The van der Waals surface area contributed by atoms with Gasteiger partial charge in [0.05, 0.1) is 13.2 Å². The van der Waals surface area contributed by atoms with E-state index in [-0.39, 0.29) is 0 Å². The molecule has 1 atom stereocenters. The Morgan fingerprint density at radius 3 is 3.00 bits per heavy atom. The summed E-state index contributed by atoms with van der Waals surface area (Å²) in [6.45, 7) is 6.21. The van der Waals surface area contributed by atoms with Gasteiger partial charge in [-0.25, -0.2) is 0 Å². The molecule has 0 spiro atoms. The van der Waals surface area contributed by atoms with Gasteiger partial charge in [0.25, 0.3) is 0 Å². The zero-order chi connectivity index (χ0) is 14.7. The largest absolute Gasteiger partial charge is 0.490 e. The van der Waals surface area contributed by atoms with Gasteiger partial charge in [-0.05, 0) is 25.1 Å². The van der Waals surface area contributed by atoms with Gasteiger partial charge in [0.1, 0.15) is 18.5 Å². The lowest BCUT2D eigenvalue weighted by molar-refractivity contribution is 0.00480. The summed E-state index contributed by atoms with van der Waals surface area (Å²) in [5, 5.41) is 11.2. The van der Waals surface area contributed by atoms with Crippen LogP contribution in [0.1, 0.15) is 5.69 Å². The first-order valence-corrected chi connectivity index (χ1v) is 7.41. The van der Waals surface area contributed by atoms with Crippen LogP contribution in [0.2, 0.25) is 0 Å². The van der Waals surface area contributed by atoms with Crippen molar-refractivity contribution in [2.45, 2.75) is 13.0 Å². The van der Waals surface area contributed by atoms with Gasteiger partial charge in [0.2, 0.25) is 0 Å². The number of nitrogens with zero attached hydrogens (tertiary/aromatic N) is 1. The maximum atomic E-state index is 10.1. The van der Waals surface area contributed by atoms with E-state index >= 15 is 0 Å². The van der Waals surface area contributed by atoms with Gasteiger partial charge in [-0.1, -0.05) is 6.07 Å². The number of aliphatic hydroxyl groups is 1. The molecule has 0 saturated carbocycles. The van der Waals surface area contributed by atoms with Gasteiger partial charge < -0.3 is 19.6 Å². The van der Waals surface area contributed by atoms with Gasteiger partial charge in [0.15, 0.2) is 0 Å². The van der Waals surface area contributed by atoms with Gasteiger partial charge >= 0.3 is 0 Å². The van der Waals surface area contributed by atoms with E-state index < -0.39 is 6.10 Å². The van der Waals surface area contributed by atoms with E-state index in [0.29, 0.717) is 13.2 Å². The third kappa shape index (κ3) is 3.56. The number of ether oxygens (including phenoxy) is 2. The van der Waals surface area contributed by atoms with Crippen molar-refractivity contribution in [2.75, 3.05) is 39.5 Å². The number of rotatable bonds is 5. The van der Waals surface area contributed by atoms with E-state index in [4.69, 9.17) is 9.47 Å². The fourth-order valence-corrected chi connectivity index (χ4v) is 2.71. The van der Waals surface area contributed by atoms with E-state index in [2.05, 4.69) is 16.0 Å². The van der Waals surface area contributed by atoms with Gasteiger partial charge in [-0.15, -0.1) is 0 Å². The maximum absolute atomic E-state index is 10.1. The van der Waals surface area contributed by atoms with Gasteiger partial charge in [-0.2, -0.15) is 0 Å². The zero-order valence-electron chi connectivity index (χ0n) is 12.3. The monoisotopic (exact) mass is 290 g/mol. The number of hydrogen-bond acceptors (Lipinski definition) is 4. The number of β-amino-alcohol motifs (C(OH)–C–C–N with tert-alkyl or cyclic N) is 1. The second-order valence-electron chi connectivity index (χ2n) is 5.55. The summed E-state index contributed by atoms with van der Waals surface area (Å²) >= 11 is 0. The van der Waals surface area contributed by atoms with E-state index in [9.17, 15) is 5.11 Å². The molecule has 0 unspecified atom stereocenters. The summed E-state index contributed by atoms with van der Waals surface area (Å²) < 4.78 is 11.1. The molecule has 0 amide bonds. The smallest absolute Gasteiger partial charge is 0.128 e. The van der Waals surface area contributed by atoms with E-state index in [1.54, 1.807) is 0 Å². The number of fused-ring (bicyclic) bond motifs is 1. The SMILES string of the molecule is Cc1cc2c(OC[C@H](O)CN3CCOCC3)cccc2[nH]1. The molecule has 1 aromatic heterocycles. The van der Waals surface area contributed by atoms with Crippen molar-refractivity contribution in [3.05, 3.63) is 30.0 Å². The summed E-state index contributed by atoms with van der Waals surface area (Å²) in [4.78, 5) is 5.49. The first-order valence-electron chi connectivity index (χ1n) is 7.41. The molecule has 5 nitrogen and oxygen atoms in total. The van der Waals surface area contributed by atoms with Gasteiger partial charge in [0, 0.05) is 36.2 Å². The van der Waals surface area contributed by atoms with Crippen LogP contribution in [-0.4, -0.2) is 60.5 Å². The number of aryl methyl sites for hydroxylation is 1. The number of aromatic nitrogens is 1. The molecule has 0 aliphatic carbocycles. The van der Waals surface area contributed by atoms with Crippen LogP contribution in [0.3, 0.4) is 0 Å². The van der Waals surface area contributed by atoms with Crippen LogP contribution < -0.4 is 4.74 Å². The maximum Gasteiger partial charge on any atom is 0.128 e. The molecule has 1 aromatic carbocycles. The quantitative estimate of drug-likeness (QED) is 0.877. The van der Waals surface area contributed by atoms with Crippen molar-refractivity contribution in [1.29, 1.82) is 0 Å². The zero-order valence-corrected chi connectivity index (χ0v) is 12.3. The summed E-state index contributed by atoms with van der Waals surface area (Å²) in [6.07, 6.45) is -0.488. The first-order chi connectivity index (χ1) is 10.2. The second kappa shape index (κ2) is 6.47. The fourth-order valence-electron chi connectivity index (χ4n) is 2.71. The molecular formula is C16H22N2O3. The van der Waals surface area contributed by atoms with E-state index in [1.807, 2.05) is 25.1 Å². The Kier molecular flexibility index (Phi) is 4.43. The number of morpholine rings is 1. The van der Waals surface area contributed by atoms with Crippen molar-refractivity contribution in [3.8, 4) is 5.75 Å². The van der Waals surface area contributed by atoms with Crippen LogP contribution in [0.25, 0.3) is 10.9 Å². The van der Waals surface area contributed by atoms with Crippen molar-refractivity contribution >= 4 is 10.9 Å². The first kappa shape index (κ1) is 14.4. The molecule has 2 heterocycles. The highest BCUT2D eigenvalue weighted by Crippen LogP contribution is 2.26. The molecule has 1 saturated heterocycles. The average Bonchev–Trinajstić information content (AvgIpc) is 2.87. The molecule has 5 heteroatoms. The van der Waals surface area contributed by atoms with E-state index in [1.165, 1.54) is 0 Å². The highest BCUT2D eigenvalue weighted by atomic mass is 16.5. The Bertz CT molecular complexity index is 590. The summed E-state index contributed by atoms with van der Waals surface area (Å²) in [7, 11) is 0. The third-order valence-electron chi connectivity index (χ3n) is 3.76. The van der Waals surface area contributed by atoms with Gasteiger partial charge in [-0.3, -0.25) is 4.90 Å². The minimum atomic E-state index is -0.488. The van der Waals surface area contributed by atoms with Crippen LogP contribution in [-0.2, 0) is 4.74 Å². The number of H-pyrrole nitrogens is 1. The molecule has 0 radical (unpaired) electrons. The molecule has 2 aromatic rings. The molecule has 2 N–H and O–H groups in total. The lowest BCUT2D eigenvalue weighted by Gasteiger charge is -2.28. The standard InChI is InChI=1S/C16H22N2O3/c1-12-9-14-15(17-12)3-2-4-16(14)21-11-13(19)10-18-5-7-20-8-6-18/h2-4,9,13,17,19H,5-8,10-11H2,1H3/t13-/m1/s1. The molecular weight excluding hydrogens is 268 g/mol. The highest BCUT2D eigenvalue weighted by Gasteiger charge is 2.15. The van der Waals surface area contributed by atoms with Crippen LogP contribution in [0.15, 0.2) is 24.3 Å². The average molecular weight is 290 g/mol. The second-order valence-corrected chi connectivity index (χ2v) is 5.55. The number of aromatic amines is 1. The Hall–Kier alpha value is -1.56. The predicted octanol–water partition coefficient (Wildman–Crippen LogP) is 1.55. The lowest BCUT2D eigenvalue weighted by Crippen LogP contribution is -2.42. The Morgan fingerprint density at radius 1 is 1.38 bits per heavy atom. The lowest BCUT2D eigenvalue weighted by atomic mass is 10.2. The van der Waals surface area contributed by atoms with Crippen molar-refractivity contribution in [3.63, 3.8) is 0 Å². The summed E-state index contributed by atoms with van der Waals surface area (Å²) in [5.41, 5.74) is 2.17. The fraction of sp³-hybridized carbons (Fsp3) is 0.500. The molecule has 3 rings (SSSR count). The van der Waals surface area contributed by atoms with Crippen LogP contribution >= 0.6 is 0 Å². The normalized spacial score (nSPS) is 18.0. The minimum Gasteiger partial charge on any atom is -0.490 e. The molecule has 1 aliphatic rings. The Labute approximate surface area is 124 Å².